The highest BCUT2D eigenvalue weighted by Crippen LogP contribution is 2.42. The maximum atomic E-state index is 6.68. The molecule has 2 aliphatic rings. The molecule has 4 heteroatoms. The quantitative estimate of drug-likeness (QED) is 0.908. The number of nitrogens with zero attached hydrogens (tertiary/aromatic N) is 1. The third kappa shape index (κ3) is 2.67. The Hall–Kier alpha value is -0.580. The van der Waals surface area contributed by atoms with E-state index in [2.05, 4.69) is 39.0 Å². The van der Waals surface area contributed by atoms with Crippen molar-refractivity contribution in [3.63, 3.8) is 0 Å². The van der Waals surface area contributed by atoms with Crippen LogP contribution in [-0.2, 0) is 10.3 Å². The number of nitrogens with two attached hydrogens (primary N) is 1. The molecule has 104 valence electrons. The first-order valence-electron chi connectivity index (χ1n) is 7.11. The van der Waals surface area contributed by atoms with E-state index < -0.39 is 0 Å². The minimum absolute atomic E-state index is 0.141. The zero-order valence-electron chi connectivity index (χ0n) is 11.2. The van der Waals surface area contributed by atoms with Crippen LogP contribution in [0.5, 0.6) is 0 Å². The van der Waals surface area contributed by atoms with E-state index in [0.717, 1.165) is 43.6 Å². The molecule has 0 atom stereocenters. The lowest BCUT2D eigenvalue weighted by Crippen LogP contribution is -2.40. The Labute approximate surface area is 123 Å². The van der Waals surface area contributed by atoms with Crippen LogP contribution in [0, 0.1) is 0 Å². The zero-order valence-corrected chi connectivity index (χ0v) is 12.8. The number of rotatable bonds is 2. The minimum Gasteiger partial charge on any atom is -0.378 e. The minimum atomic E-state index is -0.141. The van der Waals surface area contributed by atoms with Crippen LogP contribution in [0.3, 0.4) is 0 Å². The van der Waals surface area contributed by atoms with Gasteiger partial charge in [-0.05, 0) is 36.6 Å². The fourth-order valence-corrected chi connectivity index (χ4v) is 3.62. The number of hydrogen-bond acceptors (Lipinski definition) is 3. The van der Waals surface area contributed by atoms with Crippen molar-refractivity contribution in [1.29, 1.82) is 0 Å². The molecule has 2 fully saturated rings. The van der Waals surface area contributed by atoms with E-state index in [-0.39, 0.29) is 5.54 Å². The van der Waals surface area contributed by atoms with E-state index in [1.165, 1.54) is 24.1 Å². The van der Waals surface area contributed by atoms with Gasteiger partial charge in [-0.25, -0.2) is 0 Å². The van der Waals surface area contributed by atoms with Gasteiger partial charge in [0.15, 0.2) is 0 Å². The SMILES string of the molecule is NC1(c2cc(Br)ccc2N2CCOCC2)CCCC1. The van der Waals surface area contributed by atoms with Crippen molar-refractivity contribution in [3.05, 3.63) is 28.2 Å². The second-order valence-corrected chi connectivity index (χ2v) is 6.54. The van der Waals surface area contributed by atoms with E-state index in [9.17, 15) is 0 Å². The number of hydrogen-bond donors (Lipinski definition) is 1. The Kier molecular flexibility index (Phi) is 3.83. The summed E-state index contributed by atoms with van der Waals surface area (Å²) in [4.78, 5) is 2.41. The van der Waals surface area contributed by atoms with Crippen molar-refractivity contribution in [3.8, 4) is 0 Å². The summed E-state index contributed by atoms with van der Waals surface area (Å²) in [6.07, 6.45) is 4.68. The van der Waals surface area contributed by atoms with Gasteiger partial charge in [-0.2, -0.15) is 0 Å². The number of ether oxygens (including phenoxy) is 1. The van der Waals surface area contributed by atoms with Gasteiger partial charge in [0.25, 0.3) is 0 Å². The largest absolute Gasteiger partial charge is 0.378 e. The highest BCUT2D eigenvalue weighted by atomic mass is 79.9. The molecule has 1 aliphatic heterocycles. The van der Waals surface area contributed by atoms with Crippen molar-refractivity contribution in [2.75, 3.05) is 31.2 Å². The van der Waals surface area contributed by atoms with E-state index in [1.54, 1.807) is 0 Å². The molecule has 0 amide bonds. The molecular formula is C15H21BrN2O. The summed E-state index contributed by atoms with van der Waals surface area (Å²) in [5.41, 5.74) is 9.15. The predicted molar refractivity (Wildman–Crippen MR) is 81.5 cm³/mol. The molecule has 0 bridgehead atoms. The van der Waals surface area contributed by atoms with Gasteiger partial charge in [-0.3, -0.25) is 0 Å². The second-order valence-electron chi connectivity index (χ2n) is 5.62. The van der Waals surface area contributed by atoms with Crippen LogP contribution in [0.2, 0.25) is 0 Å². The summed E-state index contributed by atoms with van der Waals surface area (Å²) in [5.74, 6) is 0. The fraction of sp³-hybridized carbons (Fsp3) is 0.600. The Bertz CT molecular complexity index is 451. The maximum Gasteiger partial charge on any atom is 0.0642 e. The molecule has 0 unspecified atom stereocenters. The average molecular weight is 325 g/mol. The summed E-state index contributed by atoms with van der Waals surface area (Å²) >= 11 is 3.59. The monoisotopic (exact) mass is 324 g/mol. The molecule has 0 spiro atoms. The van der Waals surface area contributed by atoms with Crippen molar-refractivity contribution in [2.45, 2.75) is 31.2 Å². The molecular weight excluding hydrogens is 304 g/mol. The van der Waals surface area contributed by atoms with Crippen molar-refractivity contribution < 1.29 is 4.74 Å². The first-order chi connectivity index (χ1) is 9.19. The Balaban J connectivity index is 1.98. The van der Waals surface area contributed by atoms with Crippen LogP contribution in [0.4, 0.5) is 5.69 Å². The lowest BCUT2D eigenvalue weighted by atomic mass is 9.87. The first kappa shape index (κ1) is 13.4. The highest BCUT2D eigenvalue weighted by Gasteiger charge is 2.34. The topological polar surface area (TPSA) is 38.5 Å². The van der Waals surface area contributed by atoms with E-state index in [1.807, 2.05) is 0 Å². The average Bonchev–Trinajstić information content (AvgIpc) is 2.88. The van der Waals surface area contributed by atoms with Crippen LogP contribution < -0.4 is 10.6 Å². The number of benzene rings is 1. The fourth-order valence-electron chi connectivity index (χ4n) is 3.26. The molecule has 19 heavy (non-hydrogen) atoms. The predicted octanol–water partition coefficient (Wildman–Crippen LogP) is 3.01. The maximum absolute atomic E-state index is 6.68. The lowest BCUT2D eigenvalue weighted by Gasteiger charge is -2.35. The molecule has 3 rings (SSSR count). The number of halogens is 1. The van der Waals surface area contributed by atoms with Gasteiger partial charge >= 0.3 is 0 Å². The molecule has 1 aromatic carbocycles. The molecule has 1 aromatic rings. The van der Waals surface area contributed by atoms with Gasteiger partial charge in [-0.1, -0.05) is 28.8 Å². The Morgan fingerprint density at radius 1 is 1.16 bits per heavy atom. The lowest BCUT2D eigenvalue weighted by molar-refractivity contribution is 0.122. The van der Waals surface area contributed by atoms with Gasteiger partial charge in [-0.15, -0.1) is 0 Å². The number of morpholine rings is 1. The smallest absolute Gasteiger partial charge is 0.0642 e. The van der Waals surface area contributed by atoms with Crippen molar-refractivity contribution >= 4 is 21.6 Å². The summed E-state index contributed by atoms with van der Waals surface area (Å²) in [7, 11) is 0. The molecule has 0 aromatic heterocycles. The van der Waals surface area contributed by atoms with Gasteiger partial charge in [0.05, 0.1) is 13.2 Å². The van der Waals surface area contributed by atoms with Gasteiger partial charge in [0, 0.05) is 28.8 Å². The van der Waals surface area contributed by atoms with E-state index in [4.69, 9.17) is 10.5 Å². The molecule has 1 aliphatic carbocycles. The van der Waals surface area contributed by atoms with Gasteiger partial charge in [0.1, 0.15) is 0 Å². The van der Waals surface area contributed by atoms with Crippen LogP contribution in [0.25, 0.3) is 0 Å². The van der Waals surface area contributed by atoms with Crippen molar-refractivity contribution in [1.82, 2.24) is 0 Å². The summed E-state index contributed by atoms with van der Waals surface area (Å²) in [5, 5.41) is 0. The molecule has 1 saturated carbocycles. The summed E-state index contributed by atoms with van der Waals surface area (Å²) in [6.45, 7) is 3.55. The van der Waals surface area contributed by atoms with Gasteiger partial charge in [0.2, 0.25) is 0 Å². The molecule has 3 nitrogen and oxygen atoms in total. The Morgan fingerprint density at radius 3 is 2.53 bits per heavy atom. The third-order valence-electron chi connectivity index (χ3n) is 4.34. The Morgan fingerprint density at radius 2 is 1.84 bits per heavy atom. The van der Waals surface area contributed by atoms with Crippen LogP contribution in [-0.4, -0.2) is 26.3 Å². The van der Waals surface area contributed by atoms with Crippen LogP contribution >= 0.6 is 15.9 Å². The van der Waals surface area contributed by atoms with Crippen molar-refractivity contribution in [2.24, 2.45) is 5.73 Å². The van der Waals surface area contributed by atoms with E-state index >= 15 is 0 Å². The molecule has 1 saturated heterocycles. The number of anilines is 1. The molecule has 1 heterocycles. The van der Waals surface area contributed by atoms with E-state index in [0.29, 0.717) is 0 Å². The molecule has 0 radical (unpaired) electrons. The zero-order chi connectivity index (χ0) is 13.3. The van der Waals surface area contributed by atoms with Crippen LogP contribution in [0.1, 0.15) is 31.2 Å². The highest BCUT2D eigenvalue weighted by molar-refractivity contribution is 9.10. The first-order valence-corrected chi connectivity index (χ1v) is 7.90. The van der Waals surface area contributed by atoms with Gasteiger partial charge < -0.3 is 15.4 Å². The summed E-state index contributed by atoms with van der Waals surface area (Å²) in [6, 6.07) is 6.54. The normalized spacial score (nSPS) is 22.7. The third-order valence-corrected chi connectivity index (χ3v) is 4.84. The standard InChI is InChI=1S/C15H21BrN2O/c16-12-3-4-14(18-7-9-19-10-8-18)13(11-12)15(17)5-1-2-6-15/h3-4,11H,1-2,5-10,17H2. The van der Waals surface area contributed by atoms with Crippen LogP contribution in [0.15, 0.2) is 22.7 Å². The second kappa shape index (κ2) is 5.43. The molecule has 2 N–H and O–H groups in total. The summed E-state index contributed by atoms with van der Waals surface area (Å²) < 4.78 is 6.57.